The fourth-order valence-electron chi connectivity index (χ4n) is 2.79. The van der Waals surface area contributed by atoms with E-state index in [9.17, 15) is 9.59 Å². The second kappa shape index (κ2) is 8.36. The Balaban J connectivity index is 1.74. The largest absolute Gasteiger partial charge is 0.466 e. The molecule has 0 aliphatic heterocycles. The highest BCUT2D eigenvalue weighted by atomic mass is 16.5. The summed E-state index contributed by atoms with van der Waals surface area (Å²) < 4.78 is 10.7. The molecule has 0 bridgehead atoms. The summed E-state index contributed by atoms with van der Waals surface area (Å²) in [4.78, 5) is 24.3. The van der Waals surface area contributed by atoms with Crippen LogP contribution < -0.4 is 5.32 Å². The zero-order valence-electron chi connectivity index (χ0n) is 15.3. The fraction of sp³-hybridized carbons (Fsp3) is 0.182. The number of furan rings is 1. The predicted molar refractivity (Wildman–Crippen MR) is 104 cm³/mol. The zero-order chi connectivity index (χ0) is 19.2. The first-order valence-electron chi connectivity index (χ1n) is 8.78. The van der Waals surface area contributed by atoms with E-state index >= 15 is 0 Å². The predicted octanol–water partition coefficient (Wildman–Crippen LogP) is 4.61. The second-order valence-corrected chi connectivity index (χ2v) is 6.08. The van der Waals surface area contributed by atoms with Crippen molar-refractivity contribution in [3.63, 3.8) is 0 Å². The Kier molecular flexibility index (Phi) is 5.71. The Morgan fingerprint density at radius 3 is 2.56 bits per heavy atom. The van der Waals surface area contributed by atoms with Gasteiger partial charge in [-0.25, -0.2) is 0 Å². The van der Waals surface area contributed by atoms with Crippen LogP contribution in [-0.4, -0.2) is 18.5 Å². The van der Waals surface area contributed by atoms with Crippen molar-refractivity contribution in [2.75, 3.05) is 11.9 Å². The summed E-state index contributed by atoms with van der Waals surface area (Å²) in [6.07, 6.45) is 0.167. The first-order chi connectivity index (χ1) is 13.1. The van der Waals surface area contributed by atoms with Crippen LogP contribution in [0.25, 0.3) is 11.3 Å². The van der Waals surface area contributed by atoms with Crippen LogP contribution in [-0.2, 0) is 16.0 Å². The molecular formula is C22H21NO4. The third kappa shape index (κ3) is 4.64. The summed E-state index contributed by atoms with van der Waals surface area (Å²) >= 11 is 0. The number of rotatable bonds is 6. The molecule has 138 valence electrons. The summed E-state index contributed by atoms with van der Waals surface area (Å²) in [5, 5.41) is 2.86. The van der Waals surface area contributed by atoms with Crippen molar-refractivity contribution < 1.29 is 18.7 Å². The standard InChI is InChI=1S/C22H21NO4/c1-3-26-21(24)13-16-8-7-11-18(12-16)23-22(25)19-14-20(27-15(19)2)17-9-5-4-6-10-17/h4-12,14H,3,13H2,1-2H3,(H,23,25). The molecule has 0 aliphatic carbocycles. The molecular weight excluding hydrogens is 342 g/mol. The van der Waals surface area contributed by atoms with Gasteiger partial charge < -0.3 is 14.5 Å². The van der Waals surface area contributed by atoms with E-state index in [0.29, 0.717) is 29.4 Å². The number of nitrogens with one attached hydrogen (secondary N) is 1. The number of ether oxygens (including phenoxy) is 1. The lowest BCUT2D eigenvalue weighted by Gasteiger charge is -2.07. The van der Waals surface area contributed by atoms with Gasteiger partial charge in [-0.05, 0) is 37.6 Å². The molecule has 0 atom stereocenters. The molecule has 1 heterocycles. The number of hydrogen-bond acceptors (Lipinski definition) is 4. The molecule has 2 aromatic carbocycles. The molecule has 5 nitrogen and oxygen atoms in total. The van der Waals surface area contributed by atoms with E-state index in [0.717, 1.165) is 11.1 Å². The van der Waals surface area contributed by atoms with Crippen molar-refractivity contribution in [3.8, 4) is 11.3 Å². The van der Waals surface area contributed by atoms with Crippen molar-refractivity contribution in [1.29, 1.82) is 0 Å². The third-order valence-corrected chi connectivity index (χ3v) is 4.06. The zero-order valence-corrected chi connectivity index (χ0v) is 15.3. The van der Waals surface area contributed by atoms with E-state index in [1.54, 1.807) is 38.1 Å². The van der Waals surface area contributed by atoms with Crippen molar-refractivity contribution in [2.24, 2.45) is 0 Å². The van der Waals surface area contributed by atoms with Gasteiger partial charge in [0.15, 0.2) is 0 Å². The quantitative estimate of drug-likeness (QED) is 0.649. The van der Waals surface area contributed by atoms with Crippen molar-refractivity contribution in [2.45, 2.75) is 20.3 Å². The minimum atomic E-state index is -0.292. The highest BCUT2D eigenvalue weighted by Crippen LogP contribution is 2.26. The van der Waals surface area contributed by atoms with Crippen molar-refractivity contribution in [1.82, 2.24) is 0 Å². The molecule has 0 radical (unpaired) electrons. The van der Waals surface area contributed by atoms with Gasteiger partial charge in [-0.1, -0.05) is 42.5 Å². The van der Waals surface area contributed by atoms with Gasteiger partial charge in [-0.15, -0.1) is 0 Å². The van der Waals surface area contributed by atoms with Gasteiger partial charge in [-0.3, -0.25) is 9.59 Å². The maximum Gasteiger partial charge on any atom is 0.310 e. The number of carbonyl (C=O) groups is 2. The molecule has 0 fully saturated rings. The highest BCUT2D eigenvalue weighted by molar-refractivity contribution is 6.05. The summed E-state index contributed by atoms with van der Waals surface area (Å²) in [5.41, 5.74) is 2.78. The van der Waals surface area contributed by atoms with Crippen molar-refractivity contribution >= 4 is 17.6 Å². The van der Waals surface area contributed by atoms with Crippen LogP contribution in [0.3, 0.4) is 0 Å². The molecule has 1 amide bonds. The number of aryl methyl sites for hydroxylation is 1. The average Bonchev–Trinajstić information content (AvgIpc) is 3.05. The Bertz CT molecular complexity index is 944. The Morgan fingerprint density at radius 1 is 1.04 bits per heavy atom. The van der Waals surface area contributed by atoms with Crippen LogP contribution in [0.4, 0.5) is 5.69 Å². The van der Waals surface area contributed by atoms with Gasteiger partial charge in [0.05, 0.1) is 18.6 Å². The van der Waals surface area contributed by atoms with Crippen LogP contribution in [0.15, 0.2) is 65.1 Å². The molecule has 1 N–H and O–H groups in total. The van der Waals surface area contributed by atoms with Crippen LogP contribution >= 0.6 is 0 Å². The van der Waals surface area contributed by atoms with Gasteiger partial charge >= 0.3 is 5.97 Å². The smallest absolute Gasteiger partial charge is 0.310 e. The first-order valence-corrected chi connectivity index (χ1v) is 8.78. The third-order valence-electron chi connectivity index (χ3n) is 4.06. The molecule has 1 aromatic heterocycles. The normalized spacial score (nSPS) is 10.4. The summed E-state index contributed by atoms with van der Waals surface area (Å²) in [6, 6.07) is 18.5. The van der Waals surface area contributed by atoms with Crippen LogP contribution in [0, 0.1) is 6.92 Å². The Hall–Kier alpha value is -3.34. The van der Waals surface area contributed by atoms with E-state index in [4.69, 9.17) is 9.15 Å². The topological polar surface area (TPSA) is 68.5 Å². The van der Waals surface area contributed by atoms with Gasteiger partial charge in [0.2, 0.25) is 0 Å². The van der Waals surface area contributed by atoms with E-state index < -0.39 is 0 Å². The minimum absolute atomic E-state index is 0.167. The monoisotopic (exact) mass is 363 g/mol. The lowest BCUT2D eigenvalue weighted by atomic mass is 10.1. The van der Waals surface area contributed by atoms with E-state index in [1.807, 2.05) is 36.4 Å². The average molecular weight is 363 g/mol. The van der Waals surface area contributed by atoms with E-state index in [-0.39, 0.29) is 18.3 Å². The molecule has 3 rings (SSSR count). The van der Waals surface area contributed by atoms with Crippen LogP contribution in [0.5, 0.6) is 0 Å². The van der Waals surface area contributed by atoms with Crippen molar-refractivity contribution in [3.05, 3.63) is 77.6 Å². The van der Waals surface area contributed by atoms with E-state index in [1.165, 1.54) is 0 Å². The number of amides is 1. The molecule has 0 saturated carbocycles. The molecule has 0 aliphatic rings. The number of anilines is 1. The Morgan fingerprint density at radius 2 is 1.81 bits per heavy atom. The maximum absolute atomic E-state index is 12.7. The lowest BCUT2D eigenvalue weighted by molar-refractivity contribution is -0.142. The van der Waals surface area contributed by atoms with Crippen LogP contribution in [0.1, 0.15) is 28.6 Å². The van der Waals surface area contributed by atoms with Gasteiger partial charge in [0, 0.05) is 11.3 Å². The molecule has 0 saturated heterocycles. The molecule has 0 unspecified atom stereocenters. The maximum atomic E-state index is 12.7. The fourth-order valence-corrected chi connectivity index (χ4v) is 2.79. The molecule has 3 aromatic rings. The molecule has 5 heteroatoms. The number of hydrogen-bond donors (Lipinski definition) is 1. The minimum Gasteiger partial charge on any atom is -0.466 e. The number of benzene rings is 2. The Labute approximate surface area is 158 Å². The summed E-state index contributed by atoms with van der Waals surface area (Å²) in [5.74, 6) is 0.647. The van der Waals surface area contributed by atoms with Crippen LogP contribution in [0.2, 0.25) is 0 Å². The molecule has 0 spiro atoms. The summed E-state index contributed by atoms with van der Waals surface area (Å²) in [6.45, 7) is 3.88. The number of esters is 1. The first kappa shape index (κ1) is 18.5. The van der Waals surface area contributed by atoms with Gasteiger partial charge in [-0.2, -0.15) is 0 Å². The van der Waals surface area contributed by atoms with E-state index in [2.05, 4.69) is 5.32 Å². The highest BCUT2D eigenvalue weighted by Gasteiger charge is 2.16. The van der Waals surface area contributed by atoms with Gasteiger partial charge in [0.1, 0.15) is 11.5 Å². The van der Waals surface area contributed by atoms with Gasteiger partial charge in [0.25, 0.3) is 5.91 Å². The molecule has 27 heavy (non-hydrogen) atoms. The second-order valence-electron chi connectivity index (χ2n) is 6.08. The summed E-state index contributed by atoms with van der Waals surface area (Å²) in [7, 11) is 0. The lowest BCUT2D eigenvalue weighted by Crippen LogP contribution is -2.13. The number of carbonyl (C=O) groups excluding carboxylic acids is 2. The SMILES string of the molecule is CCOC(=O)Cc1cccc(NC(=O)c2cc(-c3ccccc3)oc2C)c1.